The van der Waals surface area contributed by atoms with E-state index in [1.54, 1.807) is 22.8 Å². The van der Waals surface area contributed by atoms with Gasteiger partial charge in [-0.2, -0.15) is 5.10 Å². The van der Waals surface area contributed by atoms with Crippen LogP contribution >= 0.6 is 11.8 Å². The van der Waals surface area contributed by atoms with Gasteiger partial charge in [0.15, 0.2) is 5.65 Å². The van der Waals surface area contributed by atoms with Gasteiger partial charge in [0.2, 0.25) is 5.91 Å². The standard InChI is InChI=1S/C23H21FN4OS/c1-14-4-9-20(15(2)10-14)27-21(29)13-30-22-11-16(3)26-23-19(12-25-28(22)23)17-5-7-18(24)8-6-17/h4-12H,13H2,1-3H3,(H,27,29). The topological polar surface area (TPSA) is 59.3 Å². The molecule has 1 amide bonds. The van der Waals surface area contributed by atoms with E-state index >= 15 is 0 Å². The smallest absolute Gasteiger partial charge is 0.234 e. The van der Waals surface area contributed by atoms with Crippen molar-refractivity contribution in [2.45, 2.75) is 25.8 Å². The second kappa shape index (κ2) is 8.28. The molecule has 4 rings (SSSR count). The van der Waals surface area contributed by atoms with E-state index in [1.807, 2.05) is 45.0 Å². The molecular weight excluding hydrogens is 399 g/mol. The second-order valence-electron chi connectivity index (χ2n) is 7.19. The van der Waals surface area contributed by atoms with Crippen molar-refractivity contribution in [1.29, 1.82) is 0 Å². The Morgan fingerprint density at radius 2 is 1.87 bits per heavy atom. The summed E-state index contributed by atoms with van der Waals surface area (Å²) < 4.78 is 15.0. The average Bonchev–Trinajstić information content (AvgIpc) is 3.12. The monoisotopic (exact) mass is 420 g/mol. The molecule has 0 saturated heterocycles. The number of halogens is 1. The van der Waals surface area contributed by atoms with Crippen LogP contribution in [-0.2, 0) is 4.79 Å². The maximum Gasteiger partial charge on any atom is 0.234 e. The number of anilines is 1. The van der Waals surface area contributed by atoms with Gasteiger partial charge >= 0.3 is 0 Å². The van der Waals surface area contributed by atoms with E-state index in [4.69, 9.17) is 0 Å². The quantitative estimate of drug-likeness (QED) is 0.356. The minimum atomic E-state index is -0.287. The van der Waals surface area contributed by atoms with Crippen molar-refractivity contribution in [2.24, 2.45) is 0 Å². The Morgan fingerprint density at radius 1 is 1.10 bits per heavy atom. The molecule has 30 heavy (non-hydrogen) atoms. The predicted octanol–water partition coefficient (Wildman–Crippen LogP) is 5.19. The molecule has 7 heteroatoms. The van der Waals surface area contributed by atoms with Gasteiger partial charge in [0.1, 0.15) is 10.8 Å². The molecule has 0 aliphatic carbocycles. The van der Waals surface area contributed by atoms with Gasteiger partial charge < -0.3 is 5.32 Å². The number of benzene rings is 2. The van der Waals surface area contributed by atoms with Crippen LogP contribution in [0.2, 0.25) is 0 Å². The largest absolute Gasteiger partial charge is 0.325 e. The van der Waals surface area contributed by atoms with Crippen LogP contribution in [0.1, 0.15) is 16.8 Å². The summed E-state index contributed by atoms with van der Waals surface area (Å²) in [6.45, 7) is 5.91. The Labute approximate surface area is 178 Å². The Kier molecular flexibility index (Phi) is 5.55. The lowest BCUT2D eigenvalue weighted by Gasteiger charge is -2.10. The van der Waals surface area contributed by atoms with Crippen molar-refractivity contribution in [2.75, 3.05) is 11.1 Å². The molecule has 1 N–H and O–H groups in total. The van der Waals surface area contributed by atoms with Gasteiger partial charge in [0, 0.05) is 16.9 Å². The normalized spacial score (nSPS) is 11.1. The number of amides is 1. The molecule has 0 spiro atoms. The number of rotatable bonds is 5. The Morgan fingerprint density at radius 3 is 2.60 bits per heavy atom. The summed E-state index contributed by atoms with van der Waals surface area (Å²) in [4.78, 5) is 17.1. The third-order valence-electron chi connectivity index (χ3n) is 4.73. The molecule has 0 saturated carbocycles. The summed E-state index contributed by atoms with van der Waals surface area (Å²) in [5.41, 5.74) is 6.17. The molecular formula is C23H21FN4OS. The van der Waals surface area contributed by atoms with Crippen molar-refractivity contribution in [3.05, 3.63) is 77.4 Å². The van der Waals surface area contributed by atoms with Crippen molar-refractivity contribution in [3.63, 3.8) is 0 Å². The highest BCUT2D eigenvalue weighted by Crippen LogP contribution is 2.28. The second-order valence-corrected chi connectivity index (χ2v) is 8.19. The molecule has 0 radical (unpaired) electrons. The van der Waals surface area contributed by atoms with Crippen LogP contribution in [0.3, 0.4) is 0 Å². The Bertz CT molecular complexity index is 1230. The number of aromatic nitrogens is 3. The number of carbonyl (C=O) groups is 1. The van der Waals surface area contributed by atoms with Crippen LogP contribution in [0, 0.1) is 26.6 Å². The number of hydrogen-bond acceptors (Lipinski definition) is 4. The molecule has 0 aliphatic rings. The fraction of sp³-hybridized carbons (Fsp3) is 0.174. The van der Waals surface area contributed by atoms with E-state index in [0.717, 1.165) is 38.7 Å². The highest BCUT2D eigenvalue weighted by molar-refractivity contribution is 7.99. The van der Waals surface area contributed by atoms with Gasteiger partial charge in [-0.1, -0.05) is 41.6 Å². The van der Waals surface area contributed by atoms with Gasteiger partial charge in [-0.05, 0) is 56.2 Å². The minimum Gasteiger partial charge on any atom is -0.325 e. The van der Waals surface area contributed by atoms with Crippen molar-refractivity contribution >= 4 is 29.0 Å². The molecule has 2 heterocycles. The number of aryl methyl sites for hydroxylation is 3. The van der Waals surface area contributed by atoms with E-state index < -0.39 is 0 Å². The SMILES string of the molecule is Cc1ccc(NC(=O)CSc2cc(C)nc3c(-c4ccc(F)cc4)cnn23)c(C)c1. The van der Waals surface area contributed by atoms with Crippen molar-refractivity contribution in [3.8, 4) is 11.1 Å². The number of fused-ring (bicyclic) bond motifs is 1. The highest BCUT2D eigenvalue weighted by Gasteiger charge is 2.14. The zero-order chi connectivity index (χ0) is 21.3. The third kappa shape index (κ3) is 4.21. The van der Waals surface area contributed by atoms with Crippen LogP contribution in [0.4, 0.5) is 10.1 Å². The molecule has 2 aromatic heterocycles. The third-order valence-corrected chi connectivity index (χ3v) is 5.72. The van der Waals surface area contributed by atoms with Gasteiger partial charge in [0.25, 0.3) is 0 Å². The van der Waals surface area contributed by atoms with Crippen molar-refractivity contribution in [1.82, 2.24) is 14.6 Å². The highest BCUT2D eigenvalue weighted by atomic mass is 32.2. The minimum absolute atomic E-state index is 0.0829. The van der Waals surface area contributed by atoms with Gasteiger partial charge in [0.05, 0.1) is 11.9 Å². The van der Waals surface area contributed by atoms with E-state index in [0.29, 0.717) is 5.65 Å². The van der Waals surface area contributed by atoms with E-state index in [2.05, 4.69) is 15.4 Å². The number of carbonyl (C=O) groups excluding carboxylic acids is 1. The first-order valence-electron chi connectivity index (χ1n) is 9.52. The Hall–Kier alpha value is -3.19. The van der Waals surface area contributed by atoms with Crippen LogP contribution in [0.25, 0.3) is 16.8 Å². The summed E-state index contributed by atoms with van der Waals surface area (Å²) in [6.07, 6.45) is 1.72. The van der Waals surface area contributed by atoms with Gasteiger partial charge in [-0.25, -0.2) is 13.9 Å². The summed E-state index contributed by atoms with van der Waals surface area (Å²) in [6, 6.07) is 14.1. The zero-order valence-corrected chi connectivity index (χ0v) is 17.8. The lowest BCUT2D eigenvalue weighted by Crippen LogP contribution is -2.15. The van der Waals surface area contributed by atoms with E-state index in [-0.39, 0.29) is 17.5 Å². The fourth-order valence-electron chi connectivity index (χ4n) is 3.27. The van der Waals surface area contributed by atoms with Crippen LogP contribution in [0.5, 0.6) is 0 Å². The van der Waals surface area contributed by atoms with Crippen molar-refractivity contribution < 1.29 is 9.18 Å². The van der Waals surface area contributed by atoms with Crippen LogP contribution in [-0.4, -0.2) is 26.3 Å². The zero-order valence-electron chi connectivity index (χ0n) is 16.9. The molecule has 0 aliphatic heterocycles. The van der Waals surface area contributed by atoms with E-state index in [9.17, 15) is 9.18 Å². The lowest BCUT2D eigenvalue weighted by molar-refractivity contribution is -0.113. The maximum atomic E-state index is 13.3. The van der Waals surface area contributed by atoms with Crippen LogP contribution in [0.15, 0.2) is 59.8 Å². The lowest BCUT2D eigenvalue weighted by atomic mass is 10.1. The fourth-order valence-corrected chi connectivity index (χ4v) is 4.13. The molecule has 5 nitrogen and oxygen atoms in total. The first-order valence-corrected chi connectivity index (χ1v) is 10.5. The first-order chi connectivity index (χ1) is 14.4. The molecule has 0 bridgehead atoms. The molecule has 0 fully saturated rings. The Balaban J connectivity index is 1.55. The average molecular weight is 421 g/mol. The summed E-state index contributed by atoms with van der Waals surface area (Å²) in [7, 11) is 0. The van der Waals surface area contributed by atoms with Crippen LogP contribution < -0.4 is 5.32 Å². The van der Waals surface area contributed by atoms with Gasteiger partial charge in [-0.15, -0.1) is 0 Å². The first kappa shape index (κ1) is 20.1. The molecule has 2 aromatic carbocycles. The number of thioether (sulfide) groups is 1. The maximum absolute atomic E-state index is 13.3. The number of nitrogens with zero attached hydrogens (tertiary/aromatic N) is 3. The summed E-state index contributed by atoms with van der Waals surface area (Å²) in [5.74, 6) is -0.122. The van der Waals surface area contributed by atoms with Gasteiger partial charge in [-0.3, -0.25) is 4.79 Å². The molecule has 4 aromatic rings. The summed E-state index contributed by atoms with van der Waals surface area (Å²) >= 11 is 1.40. The molecule has 152 valence electrons. The molecule has 0 atom stereocenters. The number of nitrogens with one attached hydrogen (secondary N) is 1. The molecule has 0 unspecified atom stereocenters. The predicted molar refractivity (Wildman–Crippen MR) is 118 cm³/mol. The van der Waals surface area contributed by atoms with E-state index in [1.165, 1.54) is 23.9 Å². The summed E-state index contributed by atoms with van der Waals surface area (Å²) in [5, 5.41) is 8.24. The number of hydrogen-bond donors (Lipinski definition) is 1.